The molecule has 1 unspecified atom stereocenters. The number of rotatable bonds is 6. The molecule has 19 heavy (non-hydrogen) atoms. The maximum absolute atomic E-state index is 13.7. The standard InChI is InChI=1S/C13H19FN2O3/c1-4-19-8(2)7-16-12-5-9(13(17)18-3)11(15)6-10(12)14/h5-6,8,16H,4,7,15H2,1-3H3. The van der Waals surface area contributed by atoms with Gasteiger partial charge in [-0.25, -0.2) is 9.18 Å². The average molecular weight is 270 g/mol. The SMILES string of the molecule is CCOC(C)CNc1cc(C(=O)OC)c(N)cc1F. The first-order chi connectivity index (χ1) is 8.99. The normalized spacial score (nSPS) is 12.0. The fourth-order valence-electron chi connectivity index (χ4n) is 1.61. The number of anilines is 2. The molecule has 0 spiro atoms. The molecule has 1 rings (SSSR count). The summed E-state index contributed by atoms with van der Waals surface area (Å²) in [6.07, 6.45) is -0.0662. The minimum Gasteiger partial charge on any atom is -0.465 e. The molecule has 0 bridgehead atoms. The summed E-state index contributed by atoms with van der Waals surface area (Å²) in [6.45, 7) is 4.76. The topological polar surface area (TPSA) is 73.6 Å². The van der Waals surface area contributed by atoms with Crippen LogP contribution in [-0.2, 0) is 9.47 Å². The first-order valence-corrected chi connectivity index (χ1v) is 6.02. The maximum atomic E-state index is 13.7. The van der Waals surface area contributed by atoms with Crippen LogP contribution in [0.2, 0.25) is 0 Å². The fourth-order valence-corrected chi connectivity index (χ4v) is 1.61. The summed E-state index contributed by atoms with van der Waals surface area (Å²) < 4.78 is 23.6. The van der Waals surface area contributed by atoms with E-state index < -0.39 is 11.8 Å². The van der Waals surface area contributed by atoms with Gasteiger partial charge in [0, 0.05) is 18.8 Å². The number of carbonyl (C=O) groups excluding carboxylic acids is 1. The quantitative estimate of drug-likeness (QED) is 0.611. The van der Waals surface area contributed by atoms with Gasteiger partial charge in [0.25, 0.3) is 0 Å². The zero-order valence-electron chi connectivity index (χ0n) is 11.3. The van der Waals surface area contributed by atoms with Crippen LogP contribution in [0.1, 0.15) is 24.2 Å². The van der Waals surface area contributed by atoms with Crippen LogP contribution in [0.3, 0.4) is 0 Å². The van der Waals surface area contributed by atoms with Crippen LogP contribution >= 0.6 is 0 Å². The molecule has 0 radical (unpaired) electrons. The average Bonchev–Trinajstić information content (AvgIpc) is 2.37. The second kappa shape index (κ2) is 6.94. The van der Waals surface area contributed by atoms with E-state index in [9.17, 15) is 9.18 Å². The van der Waals surface area contributed by atoms with E-state index >= 15 is 0 Å². The number of hydrogen-bond acceptors (Lipinski definition) is 5. The van der Waals surface area contributed by atoms with Gasteiger partial charge >= 0.3 is 5.97 Å². The molecule has 0 aliphatic heterocycles. The van der Waals surface area contributed by atoms with Gasteiger partial charge in [-0.05, 0) is 26.0 Å². The van der Waals surface area contributed by atoms with Crippen LogP contribution in [0.5, 0.6) is 0 Å². The van der Waals surface area contributed by atoms with E-state index in [-0.39, 0.29) is 23.0 Å². The Labute approximate surface area is 111 Å². The van der Waals surface area contributed by atoms with Gasteiger partial charge in [0.15, 0.2) is 0 Å². The van der Waals surface area contributed by atoms with Crippen molar-refractivity contribution in [3.8, 4) is 0 Å². The van der Waals surface area contributed by atoms with Crippen molar-refractivity contribution >= 4 is 17.3 Å². The lowest BCUT2D eigenvalue weighted by atomic mass is 10.1. The molecule has 1 aromatic rings. The van der Waals surface area contributed by atoms with Gasteiger partial charge in [-0.15, -0.1) is 0 Å². The Morgan fingerprint density at radius 2 is 2.21 bits per heavy atom. The Morgan fingerprint density at radius 1 is 1.53 bits per heavy atom. The molecule has 0 saturated heterocycles. The minimum atomic E-state index is -0.599. The monoisotopic (exact) mass is 270 g/mol. The van der Waals surface area contributed by atoms with E-state index in [0.717, 1.165) is 6.07 Å². The predicted molar refractivity (Wildman–Crippen MR) is 71.7 cm³/mol. The second-order valence-electron chi connectivity index (χ2n) is 4.06. The van der Waals surface area contributed by atoms with Crippen molar-refractivity contribution in [3.63, 3.8) is 0 Å². The van der Waals surface area contributed by atoms with Gasteiger partial charge in [-0.1, -0.05) is 0 Å². The van der Waals surface area contributed by atoms with E-state index in [4.69, 9.17) is 10.5 Å². The number of benzene rings is 1. The molecular weight excluding hydrogens is 251 g/mol. The third-order valence-electron chi connectivity index (χ3n) is 2.58. The molecule has 0 aromatic heterocycles. The zero-order chi connectivity index (χ0) is 14.4. The molecule has 0 heterocycles. The van der Waals surface area contributed by atoms with Crippen molar-refractivity contribution in [2.24, 2.45) is 0 Å². The van der Waals surface area contributed by atoms with Crippen molar-refractivity contribution in [1.29, 1.82) is 0 Å². The fraction of sp³-hybridized carbons (Fsp3) is 0.462. The Morgan fingerprint density at radius 3 is 2.79 bits per heavy atom. The number of nitrogens with two attached hydrogens (primary N) is 1. The molecule has 0 aliphatic rings. The molecule has 5 nitrogen and oxygen atoms in total. The summed E-state index contributed by atoms with van der Waals surface area (Å²) in [5.41, 5.74) is 5.96. The third-order valence-corrected chi connectivity index (χ3v) is 2.58. The number of esters is 1. The summed E-state index contributed by atoms with van der Waals surface area (Å²) in [5.74, 6) is -1.12. The van der Waals surface area contributed by atoms with Gasteiger partial charge in [0.2, 0.25) is 0 Å². The lowest BCUT2D eigenvalue weighted by Crippen LogP contribution is -2.20. The molecule has 1 aromatic carbocycles. The Kier molecular flexibility index (Phi) is 5.57. The third kappa shape index (κ3) is 4.10. The molecule has 1 atom stereocenters. The molecule has 0 fully saturated rings. The Hall–Kier alpha value is -1.82. The largest absolute Gasteiger partial charge is 0.465 e. The van der Waals surface area contributed by atoms with Crippen molar-refractivity contribution in [3.05, 3.63) is 23.5 Å². The first-order valence-electron chi connectivity index (χ1n) is 6.02. The van der Waals surface area contributed by atoms with E-state index in [2.05, 4.69) is 10.1 Å². The van der Waals surface area contributed by atoms with E-state index in [1.807, 2.05) is 13.8 Å². The number of halogens is 1. The van der Waals surface area contributed by atoms with Crippen LogP contribution in [0, 0.1) is 5.82 Å². The maximum Gasteiger partial charge on any atom is 0.340 e. The van der Waals surface area contributed by atoms with Gasteiger partial charge in [0.1, 0.15) is 5.82 Å². The van der Waals surface area contributed by atoms with Crippen LogP contribution in [0.25, 0.3) is 0 Å². The molecule has 106 valence electrons. The minimum absolute atomic E-state index is 0.0488. The Bertz CT molecular complexity index is 452. The van der Waals surface area contributed by atoms with Crippen molar-refractivity contribution in [2.45, 2.75) is 20.0 Å². The van der Waals surface area contributed by atoms with E-state index in [1.54, 1.807) is 0 Å². The van der Waals surface area contributed by atoms with E-state index in [0.29, 0.717) is 13.2 Å². The number of nitrogens with one attached hydrogen (secondary N) is 1. The van der Waals surface area contributed by atoms with Crippen LogP contribution in [0.15, 0.2) is 12.1 Å². The highest BCUT2D eigenvalue weighted by molar-refractivity contribution is 5.96. The molecule has 6 heteroatoms. The number of methoxy groups -OCH3 is 1. The Balaban J connectivity index is 2.86. The highest BCUT2D eigenvalue weighted by Crippen LogP contribution is 2.23. The highest BCUT2D eigenvalue weighted by atomic mass is 19.1. The summed E-state index contributed by atoms with van der Waals surface area (Å²) >= 11 is 0. The summed E-state index contributed by atoms with van der Waals surface area (Å²) in [6, 6.07) is 2.44. The first kappa shape index (κ1) is 15.2. The molecular formula is C13H19FN2O3. The van der Waals surface area contributed by atoms with Gasteiger partial charge in [0.05, 0.1) is 24.5 Å². The van der Waals surface area contributed by atoms with Gasteiger partial charge in [-0.3, -0.25) is 0 Å². The van der Waals surface area contributed by atoms with Crippen molar-refractivity contribution in [1.82, 2.24) is 0 Å². The number of hydrogen-bond donors (Lipinski definition) is 2. The molecule has 3 N–H and O–H groups in total. The second-order valence-corrected chi connectivity index (χ2v) is 4.06. The van der Waals surface area contributed by atoms with Crippen molar-refractivity contribution < 1.29 is 18.7 Å². The molecule has 0 amide bonds. The van der Waals surface area contributed by atoms with Crippen LogP contribution in [0.4, 0.5) is 15.8 Å². The smallest absolute Gasteiger partial charge is 0.340 e. The zero-order valence-corrected chi connectivity index (χ0v) is 11.3. The lowest BCUT2D eigenvalue weighted by molar-refractivity contribution is 0.0602. The van der Waals surface area contributed by atoms with Gasteiger partial charge in [-0.2, -0.15) is 0 Å². The predicted octanol–water partition coefficient (Wildman–Crippen LogP) is 2.03. The van der Waals surface area contributed by atoms with Crippen molar-refractivity contribution in [2.75, 3.05) is 31.3 Å². The summed E-state index contributed by atoms with van der Waals surface area (Å²) in [4.78, 5) is 11.5. The van der Waals surface area contributed by atoms with Crippen LogP contribution < -0.4 is 11.1 Å². The molecule has 0 aliphatic carbocycles. The summed E-state index contributed by atoms with van der Waals surface area (Å²) in [5, 5.41) is 2.88. The summed E-state index contributed by atoms with van der Waals surface area (Å²) in [7, 11) is 1.25. The lowest BCUT2D eigenvalue weighted by Gasteiger charge is -2.15. The van der Waals surface area contributed by atoms with E-state index in [1.165, 1.54) is 13.2 Å². The van der Waals surface area contributed by atoms with Gasteiger partial charge < -0.3 is 20.5 Å². The number of carbonyl (C=O) groups is 1. The number of ether oxygens (including phenoxy) is 2. The van der Waals surface area contributed by atoms with Crippen LogP contribution in [-0.4, -0.2) is 32.3 Å². The highest BCUT2D eigenvalue weighted by Gasteiger charge is 2.15. The number of nitrogen functional groups attached to an aromatic ring is 1. The molecule has 0 saturated carbocycles.